The van der Waals surface area contributed by atoms with Gasteiger partial charge < -0.3 is 5.32 Å². The molecule has 14 heavy (non-hydrogen) atoms. The van der Waals surface area contributed by atoms with Crippen molar-refractivity contribution in [3.63, 3.8) is 0 Å². The highest BCUT2D eigenvalue weighted by atomic mass is 16.1. The van der Waals surface area contributed by atoms with Crippen LogP contribution in [0, 0.1) is 17.2 Å². The summed E-state index contributed by atoms with van der Waals surface area (Å²) in [6.07, 6.45) is 4.61. The number of hydrogen-bond donors (Lipinski definition) is 1. The van der Waals surface area contributed by atoms with Crippen LogP contribution < -0.4 is 5.32 Å². The fraction of sp³-hybridized carbons (Fsp3) is 0.818. The number of nitrogens with one attached hydrogen (secondary N) is 1. The molecular weight excluding hydrogens is 176 g/mol. The van der Waals surface area contributed by atoms with Crippen molar-refractivity contribution in [2.45, 2.75) is 51.5 Å². The lowest BCUT2D eigenvalue weighted by atomic mass is 9.75. The van der Waals surface area contributed by atoms with Crippen LogP contribution in [0.25, 0.3) is 0 Å². The molecule has 0 aromatic rings. The summed E-state index contributed by atoms with van der Waals surface area (Å²) < 4.78 is 0. The highest BCUT2D eigenvalue weighted by Crippen LogP contribution is 2.33. The highest BCUT2D eigenvalue weighted by Gasteiger charge is 2.34. The molecule has 1 aliphatic carbocycles. The van der Waals surface area contributed by atoms with Gasteiger partial charge in [0.1, 0.15) is 6.42 Å². The third-order valence-corrected chi connectivity index (χ3v) is 3.34. The lowest BCUT2D eigenvalue weighted by Crippen LogP contribution is -2.52. The number of hydrogen-bond acceptors (Lipinski definition) is 2. The Hall–Kier alpha value is -1.04. The van der Waals surface area contributed by atoms with E-state index < -0.39 is 0 Å². The van der Waals surface area contributed by atoms with E-state index in [0.717, 1.165) is 6.42 Å². The maximum atomic E-state index is 11.3. The van der Waals surface area contributed by atoms with Crippen LogP contribution >= 0.6 is 0 Å². The first kappa shape index (κ1) is 11.0. The Morgan fingerprint density at radius 3 is 2.93 bits per heavy atom. The van der Waals surface area contributed by atoms with E-state index in [-0.39, 0.29) is 17.9 Å². The summed E-state index contributed by atoms with van der Waals surface area (Å²) in [6, 6.07) is 1.88. The van der Waals surface area contributed by atoms with Gasteiger partial charge in [0.15, 0.2) is 0 Å². The van der Waals surface area contributed by atoms with Crippen LogP contribution in [0.5, 0.6) is 0 Å². The first-order valence-electron chi connectivity index (χ1n) is 5.26. The molecule has 3 nitrogen and oxygen atoms in total. The van der Waals surface area contributed by atoms with Crippen molar-refractivity contribution in [2.75, 3.05) is 0 Å². The van der Waals surface area contributed by atoms with Crippen LogP contribution in [0.15, 0.2) is 0 Å². The Morgan fingerprint density at radius 2 is 2.36 bits per heavy atom. The van der Waals surface area contributed by atoms with Crippen molar-refractivity contribution in [2.24, 2.45) is 5.92 Å². The van der Waals surface area contributed by atoms with Crippen molar-refractivity contribution in [1.29, 1.82) is 5.26 Å². The Labute approximate surface area is 85.5 Å². The molecule has 78 valence electrons. The molecule has 1 saturated carbocycles. The van der Waals surface area contributed by atoms with Gasteiger partial charge in [-0.15, -0.1) is 0 Å². The van der Waals surface area contributed by atoms with E-state index >= 15 is 0 Å². The first-order chi connectivity index (χ1) is 6.58. The lowest BCUT2D eigenvalue weighted by Gasteiger charge is -2.40. The van der Waals surface area contributed by atoms with Gasteiger partial charge in [0, 0.05) is 5.54 Å². The molecule has 1 amide bonds. The Bertz CT molecular complexity index is 257. The van der Waals surface area contributed by atoms with Gasteiger partial charge in [-0.25, -0.2) is 0 Å². The fourth-order valence-corrected chi connectivity index (χ4v) is 2.13. The lowest BCUT2D eigenvalue weighted by molar-refractivity contribution is -0.122. The highest BCUT2D eigenvalue weighted by molar-refractivity contribution is 5.78. The largest absolute Gasteiger partial charge is 0.350 e. The second-order valence-corrected chi connectivity index (χ2v) is 4.45. The monoisotopic (exact) mass is 194 g/mol. The molecule has 0 spiro atoms. The minimum Gasteiger partial charge on any atom is -0.350 e. The number of carbonyl (C=O) groups excluding carboxylic acids is 1. The molecule has 0 aromatic heterocycles. The second-order valence-electron chi connectivity index (χ2n) is 4.45. The fourth-order valence-electron chi connectivity index (χ4n) is 2.13. The normalized spacial score (nSPS) is 31.9. The molecule has 0 heterocycles. The quantitative estimate of drug-likeness (QED) is 0.730. The average Bonchev–Trinajstić information content (AvgIpc) is 2.10. The zero-order valence-electron chi connectivity index (χ0n) is 8.97. The van der Waals surface area contributed by atoms with Crippen LogP contribution in [0.3, 0.4) is 0 Å². The van der Waals surface area contributed by atoms with Crippen LogP contribution in [-0.4, -0.2) is 11.4 Å². The minimum absolute atomic E-state index is 0.0255. The summed E-state index contributed by atoms with van der Waals surface area (Å²) >= 11 is 0. The van der Waals surface area contributed by atoms with Crippen molar-refractivity contribution >= 4 is 5.91 Å². The maximum Gasteiger partial charge on any atom is 0.234 e. The van der Waals surface area contributed by atoms with Crippen molar-refractivity contribution in [1.82, 2.24) is 5.32 Å². The van der Waals surface area contributed by atoms with E-state index in [1.54, 1.807) is 0 Å². The first-order valence-corrected chi connectivity index (χ1v) is 5.26. The van der Waals surface area contributed by atoms with Crippen molar-refractivity contribution < 1.29 is 4.79 Å². The molecule has 1 aliphatic rings. The van der Waals surface area contributed by atoms with Crippen LogP contribution in [-0.2, 0) is 4.79 Å². The van der Waals surface area contributed by atoms with Crippen LogP contribution in [0.1, 0.15) is 46.0 Å². The molecule has 0 radical (unpaired) electrons. The third kappa shape index (κ3) is 2.47. The number of nitriles is 1. The van der Waals surface area contributed by atoms with Crippen molar-refractivity contribution in [3.05, 3.63) is 0 Å². The van der Waals surface area contributed by atoms with Crippen LogP contribution in [0.4, 0.5) is 0 Å². The molecular formula is C11H18N2O. The number of nitrogens with zero attached hydrogens (tertiary/aromatic N) is 1. The summed E-state index contributed by atoms with van der Waals surface area (Å²) in [5.74, 6) is 0.377. The topological polar surface area (TPSA) is 52.9 Å². The van der Waals surface area contributed by atoms with Gasteiger partial charge >= 0.3 is 0 Å². The number of rotatable bonds is 2. The van der Waals surface area contributed by atoms with Crippen molar-refractivity contribution in [3.8, 4) is 6.07 Å². The smallest absolute Gasteiger partial charge is 0.234 e. The molecule has 0 saturated heterocycles. The molecule has 0 bridgehead atoms. The van der Waals surface area contributed by atoms with E-state index in [1.165, 1.54) is 19.3 Å². The van der Waals surface area contributed by atoms with Gasteiger partial charge in [-0.2, -0.15) is 5.26 Å². The molecule has 1 N–H and O–H groups in total. The summed E-state index contributed by atoms with van der Waals surface area (Å²) in [4.78, 5) is 11.3. The molecule has 2 atom stereocenters. The summed E-state index contributed by atoms with van der Waals surface area (Å²) in [5, 5.41) is 11.4. The molecule has 3 heteroatoms. The predicted molar refractivity (Wildman–Crippen MR) is 54.4 cm³/mol. The van der Waals surface area contributed by atoms with Crippen LogP contribution in [0.2, 0.25) is 0 Å². The van der Waals surface area contributed by atoms with E-state index in [1.807, 2.05) is 6.07 Å². The van der Waals surface area contributed by atoms with E-state index in [0.29, 0.717) is 5.92 Å². The van der Waals surface area contributed by atoms with E-state index in [9.17, 15) is 4.79 Å². The summed E-state index contributed by atoms with van der Waals surface area (Å²) in [7, 11) is 0. The molecule has 1 rings (SSSR count). The number of amides is 1. The summed E-state index contributed by atoms with van der Waals surface area (Å²) in [5.41, 5.74) is -0.0911. The maximum absolute atomic E-state index is 11.3. The zero-order valence-corrected chi connectivity index (χ0v) is 8.97. The Kier molecular flexibility index (Phi) is 3.51. The van der Waals surface area contributed by atoms with Gasteiger partial charge in [-0.3, -0.25) is 4.79 Å². The molecule has 0 unspecified atom stereocenters. The predicted octanol–water partition coefficient (Wildman–Crippen LogP) is 1.99. The number of carbonyl (C=O) groups is 1. The van der Waals surface area contributed by atoms with E-state index in [4.69, 9.17) is 5.26 Å². The molecule has 0 aromatic carbocycles. The Balaban J connectivity index is 2.55. The third-order valence-electron chi connectivity index (χ3n) is 3.34. The minimum atomic E-state index is -0.135. The molecule has 1 fully saturated rings. The van der Waals surface area contributed by atoms with Gasteiger partial charge in [0.2, 0.25) is 5.91 Å². The average molecular weight is 194 g/mol. The second kappa shape index (κ2) is 4.45. The molecule has 0 aliphatic heterocycles. The Morgan fingerprint density at radius 1 is 1.64 bits per heavy atom. The van der Waals surface area contributed by atoms with Gasteiger partial charge in [0.25, 0.3) is 0 Å². The van der Waals surface area contributed by atoms with Gasteiger partial charge in [0.05, 0.1) is 6.07 Å². The SMILES string of the molecule is C[C@H]1CCCC[C@]1(C)NC(=O)CC#N. The zero-order chi connectivity index (χ0) is 10.6. The van der Waals surface area contributed by atoms with Gasteiger partial charge in [-0.05, 0) is 25.7 Å². The van der Waals surface area contributed by atoms with E-state index in [2.05, 4.69) is 19.2 Å². The summed E-state index contributed by atoms with van der Waals surface area (Å²) in [6.45, 7) is 4.26. The standard InChI is InChI=1S/C11H18N2O/c1-9-5-3-4-7-11(9,2)13-10(14)6-8-12/h9H,3-7H2,1-2H3,(H,13,14)/t9-,11-/m0/s1. The van der Waals surface area contributed by atoms with Gasteiger partial charge in [-0.1, -0.05) is 19.8 Å².